The Kier molecular flexibility index (Phi) is 6.45. The molecule has 5 nitrogen and oxygen atoms in total. The lowest BCUT2D eigenvalue weighted by atomic mass is 9.94. The molecule has 1 aliphatic heterocycles. The molecule has 1 atom stereocenters. The molecule has 5 heteroatoms. The Morgan fingerprint density at radius 3 is 2.83 bits per heavy atom. The van der Waals surface area contributed by atoms with E-state index >= 15 is 0 Å². The molecule has 1 aliphatic carbocycles. The molecule has 1 fully saturated rings. The zero-order chi connectivity index (χ0) is 20.1. The highest BCUT2D eigenvalue weighted by Crippen LogP contribution is 2.19. The molecule has 2 heterocycles. The highest BCUT2D eigenvalue weighted by Gasteiger charge is 2.22. The average molecular weight is 394 g/mol. The number of aryl methyl sites for hydroxylation is 2. The van der Waals surface area contributed by atoms with Crippen LogP contribution in [0.3, 0.4) is 0 Å². The number of piperidine rings is 1. The van der Waals surface area contributed by atoms with E-state index in [2.05, 4.69) is 45.5 Å². The number of hydrogen-bond donors (Lipinski definition) is 2. The monoisotopic (exact) mass is 393 g/mol. The van der Waals surface area contributed by atoms with Crippen LogP contribution in [-0.2, 0) is 19.3 Å². The number of amides is 1. The molecule has 1 aromatic carbocycles. The molecule has 2 N–H and O–H groups in total. The molecule has 154 valence electrons. The maximum atomic E-state index is 12.6. The van der Waals surface area contributed by atoms with Gasteiger partial charge in [0.2, 0.25) is 0 Å². The number of benzene rings is 1. The van der Waals surface area contributed by atoms with Crippen molar-refractivity contribution >= 4 is 5.91 Å². The number of aromatic nitrogens is 1. The summed E-state index contributed by atoms with van der Waals surface area (Å²) in [6, 6.07) is 12.4. The van der Waals surface area contributed by atoms with Crippen molar-refractivity contribution in [2.24, 2.45) is 5.92 Å². The number of likely N-dealkylation sites (tertiary alicyclic amines) is 1. The summed E-state index contributed by atoms with van der Waals surface area (Å²) < 4.78 is 0. The number of carbonyl (C=O) groups excluding carboxylic acids is 1. The minimum absolute atomic E-state index is 0.235. The topological polar surface area (TPSA) is 65.2 Å². The Morgan fingerprint density at radius 2 is 1.97 bits per heavy atom. The van der Waals surface area contributed by atoms with Gasteiger partial charge in [0.1, 0.15) is 5.56 Å². The van der Waals surface area contributed by atoms with Crippen molar-refractivity contribution in [3.8, 4) is 0 Å². The zero-order valence-corrected chi connectivity index (χ0v) is 17.1. The molecular weight excluding hydrogens is 362 g/mol. The molecule has 1 aromatic heterocycles. The van der Waals surface area contributed by atoms with E-state index < -0.39 is 0 Å². The lowest BCUT2D eigenvalue weighted by Gasteiger charge is -2.32. The fourth-order valence-electron chi connectivity index (χ4n) is 4.63. The lowest BCUT2D eigenvalue weighted by Crippen LogP contribution is -2.42. The standard InChI is InChI=1S/C24H31N3O2/c28-23(21-15-20-10-4-5-11-22(20)26-24(21)29)25-16-19-9-6-13-27(17-19)14-12-18-7-2-1-3-8-18/h1-3,7-8,15,19H,4-6,9-14,16-17H2,(H,25,28)(H,26,29). The number of H-pyrrole nitrogens is 1. The summed E-state index contributed by atoms with van der Waals surface area (Å²) in [7, 11) is 0. The summed E-state index contributed by atoms with van der Waals surface area (Å²) >= 11 is 0. The van der Waals surface area contributed by atoms with Crippen molar-refractivity contribution < 1.29 is 4.79 Å². The van der Waals surface area contributed by atoms with Gasteiger partial charge in [0.15, 0.2) is 0 Å². The molecule has 2 aromatic rings. The van der Waals surface area contributed by atoms with Gasteiger partial charge in [-0.05, 0) is 74.6 Å². The van der Waals surface area contributed by atoms with Gasteiger partial charge in [-0.1, -0.05) is 30.3 Å². The van der Waals surface area contributed by atoms with Crippen molar-refractivity contribution in [2.75, 3.05) is 26.2 Å². The van der Waals surface area contributed by atoms with Crippen molar-refractivity contribution in [1.82, 2.24) is 15.2 Å². The van der Waals surface area contributed by atoms with Crippen LogP contribution in [0.5, 0.6) is 0 Å². The van der Waals surface area contributed by atoms with E-state index in [0.29, 0.717) is 12.5 Å². The van der Waals surface area contributed by atoms with Gasteiger partial charge in [0, 0.05) is 25.3 Å². The van der Waals surface area contributed by atoms with Crippen LogP contribution < -0.4 is 10.9 Å². The largest absolute Gasteiger partial charge is 0.352 e. The van der Waals surface area contributed by atoms with Gasteiger partial charge in [0.25, 0.3) is 11.5 Å². The molecule has 4 rings (SSSR count). The molecule has 1 saturated heterocycles. The van der Waals surface area contributed by atoms with Crippen molar-refractivity contribution in [1.29, 1.82) is 0 Å². The molecule has 1 amide bonds. The number of aromatic amines is 1. The summed E-state index contributed by atoms with van der Waals surface area (Å²) in [6.45, 7) is 3.82. The third kappa shape index (κ3) is 5.15. The van der Waals surface area contributed by atoms with E-state index in [1.165, 1.54) is 5.56 Å². The van der Waals surface area contributed by atoms with Gasteiger partial charge < -0.3 is 15.2 Å². The van der Waals surface area contributed by atoms with Crippen molar-refractivity contribution in [3.05, 3.63) is 69.1 Å². The second-order valence-corrected chi connectivity index (χ2v) is 8.48. The van der Waals surface area contributed by atoms with E-state index in [-0.39, 0.29) is 17.0 Å². The number of fused-ring (bicyclic) bond motifs is 1. The van der Waals surface area contributed by atoms with Gasteiger partial charge in [0.05, 0.1) is 0 Å². The van der Waals surface area contributed by atoms with Gasteiger partial charge in [-0.25, -0.2) is 0 Å². The molecule has 29 heavy (non-hydrogen) atoms. The summed E-state index contributed by atoms with van der Waals surface area (Å²) in [4.78, 5) is 30.4. The molecule has 0 radical (unpaired) electrons. The first-order valence-electron chi connectivity index (χ1n) is 11.0. The predicted molar refractivity (Wildman–Crippen MR) is 115 cm³/mol. The number of pyridine rings is 1. The van der Waals surface area contributed by atoms with E-state index in [4.69, 9.17) is 0 Å². The highest BCUT2D eigenvalue weighted by molar-refractivity contribution is 5.94. The van der Waals surface area contributed by atoms with Crippen LogP contribution in [0.2, 0.25) is 0 Å². The van der Waals surface area contributed by atoms with Gasteiger partial charge in [-0.15, -0.1) is 0 Å². The second-order valence-electron chi connectivity index (χ2n) is 8.48. The van der Waals surface area contributed by atoms with Crippen molar-refractivity contribution in [2.45, 2.75) is 44.9 Å². The molecular formula is C24H31N3O2. The number of hydrogen-bond acceptors (Lipinski definition) is 3. The smallest absolute Gasteiger partial charge is 0.261 e. The van der Waals surface area contributed by atoms with Crippen LogP contribution >= 0.6 is 0 Å². The normalized spacial score (nSPS) is 19.5. The third-order valence-corrected chi connectivity index (χ3v) is 6.30. The van der Waals surface area contributed by atoms with Gasteiger partial charge in [-0.3, -0.25) is 9.59 Å². The number of rotatable bonds is 6. The first-order chi connectivity index (χ1) is 14.2. The average Bonchev–Trinajstić information content (AvgIpc) is 2.76. The second kappa shape index (κ2) is 9.40. The predicted octanol–water partition coefficient (Wildman–Crippen LogP) is 2.94. The van der Waals surface area contributed by atoms with Crippen LogP contribution in [0.15, 0.2) is 41.2 Å². The SMILES string of the molecule is O=C(NCC1CCCN(CCc2ccccc2)C1)c1cc2c([nH]c1=O)CCCC2. The maximum absolute atomic E-state index is 12.6. The minimum Gasteiger partial charge on any atom is -0.352 e. The molecule has 0 bridgehead atoms. The Hall–Kier alpha value is -2.40. The molecule has 0 spiro atoms. The van der Waals surface area contributed by atoms with Crippen LogP contribution in [-0.4, -0.2) is 42.0 Å². The minimum atomic E-state index is -0.253. The fourth-order valence-corrected chi connectivity index (χ4v) is 4.63. The molecule has 2 aliphatic rings. The highest BCUT2D eigenvalue weighted by atomic mass is 16.2. The quantitative estimate of drug-likeness (QED) is 0.793. The van der Waals surface area contributed by atoms with Crippen molar-refractivity contribution in [3.63, 3.8) is 0 Å². The zero-order valence-electron chi connectivity index (χ0n) is 17.1. The number of nitrogens with zero attached hydrogens (tertiary/aromatic N) is 1. The van der Waals surface area contributed by atoms with Crippen LogP contribution in [0.1, 0.15) is 52.9 Å². The first-order valence-corrected chi connectivity index (χ1v) is 11.0. The van der Waals surface area contributed by atoms with E-state index in [1.807, 2.05) is 6.07 Å². The van der Waals surface area contributed by atoms with E-state index in [0.717, 1.165) is 75.8 Å². The Labute approximate surface area is 172 Å². The van der Waals surface area contributed by atoms with E-state index in [9.17, 15) is 9.59 Å². The number of carbonyl (C=O) groups is 1. The Balaban J connectivity index is 1.29. The van der Waals surface area contributed by atoms with Crippen LogP contribution in [0.25, 0.3) is 0 Å². The molecule has 1 unspecified atom stereocenters. The lowest BCUT2D eigenvalue weighted by molar-refractivity contribution is 0.0931. The van der Waals surface area contributed by atoms with Gasteiger partial charge >= 0.3 is 0 Å². The Bertz CT molecular complexity index is 891. The first kappa shape index (κ1) is 19.9. The Morgan fingerprint density at radius 1 is 1.14 bits per heavy atom. The summed E-state index contributed by atoms with van der Waals surface area (Å²) in [6.07, 6.45) is 7.44. The fraction of sp³-hybridized carbons (Fsp3) is 0.500. The maximum Gasteiger partial charge on any atom is 0.261 e. The van der Waals surface area contributed by atoms with Crippen LogP contribution in [0.4, 0.5) is 0 Å². The van der Waals surface area contributed by atoms with Gasteiger partial charge in [-0.2, -0.15) is 0 Å². The number of nitrogens with one attached hydrogen (secondary N) is 2. The molecule has 0 saturated carbocycles. The van der Waals surface area contributed by atoms with E-state index in [1.54, 1.807) is 0 Å². The summed E-state index contributed by atoms with van der Waals surface area (Å²) in [5, 5.41) is 3.03. The summed E-state index contributed by atoms with van der Waals surface area (Å²) in [5.74, 6) is 0.209. The van der Waals surface area contributed by atoms with Crippen LogP contribution in [0, 0.1) is 5.92 Å². The third-order valence-electron chi connectivity index (χ3n) is 6.30. The summed E-state index contributed by atoms with van der Waals surface area (Å²) in [5.41, 5.74) is 3.53.